The number of ether oxygens (including phenoxy) is 3. The van der Waals surface area contributed by atoms with Crippen molar-refractivity contribution in [2.45, 2.75) is 13.0 Å². The third-order valence-electron chi connectivity index (χ3n) is 4.58. The SMILES string of the molecule is COc1ccc(C(=O)Nc2nc(-c3ccc4c(c3)NC(=O)[C@H](C)O4)cs2)cc1OC. The Morgan fingerprint density at radius 2 is 1.97 bits per heavy atom. The van der Waals surface area contributed by atoms with Crippen LogP contribution in [-0.2, 0) is 4.79 Å². The standard InChI is InChI=1S/C21H19N3O5S/c1-11-19(25)22-14-8-12(4-6-16(14)29-11)15-10-30-21(23-15)24-20(26)13-5-7-17(27-2)18(9-13)28-3/h4-11H,1-3H3,(H,22,25)(H,23,24,26)/t11-/m0/s1. The lowest BCUT2D eigenvalue weighted by atomic mass is 10.1. The minimum Gasteiger partial charge on any atom is -0.493 e. The van der Waals surface area contributed by atoms with Gasteiger partial charge in [-0.1, -0.05) is 0 Å². The number of thiazole rings is 1. The van der Waals surface area contributed by atoms with Gasteiger partial charge in [-0.2, -0.15) is 0 Å². The fraction of sp³-hybridized carbons (Fsp3) is 0.190. The zero-order valence-electron chi connectivity index (χ0n) is 16.5. The molecule has 1 aliphatic rings. The largest absolute Gasteiger partial charge is 0.493 e. The summed E-state index contributed by atoms with van der Waals surface area (Å²) in [6.07, 6.45) is -0.527. The summed E-state index contributed by atoms with van der Waals surface area (Å²) in [4.78, 5) is 28.9. The second-order valence-electron chi connectivity index (χ2n) is 6.52. The van der Waals surface area contributed by atoms with Crippen molar-refractivity contribution in [2.24, 2.45) is 0 Å². The van der Waals surface area contributed by atoms with Crippen molar-refractivity contribution in [1.82, 2.24) is 4.98 Å². The van der Waals surface area contributed by atoms with E-state index in [9.17, 15) is 9.59 Å². The fourth-order valence-electron chi connectivity index (χ4n) is 2.98. The molecule has 1 aromatic heterocycles. The summed E-state index contributed by atoms with van der Waals surface area (Å²) in [6, 6.07) is 10.4. The molecule has 0 spiro atoms. The van der Waals surface area contributed by atoms with Crippen molar-refractivity contribution in [3.8, 4) is 28.5 Å². The van der Waals surface area contributed by atoms with Crippen molar-refractivity contribution >= 4 is 34.0 Å². The summed E-state index contributed by atoms with van der Waals surface area (Å²) in [5.41, 5.74) is 2.50. The predicted molar refractivity (Wildman–Crippen MR) is 114 cm³/mol. The number of rotatable bonds is 5. The van der Waals surface area contributed by atoms with Crippen molar-refractivity contribution in [3.05, 3.63) is 47.3 Å². The van der Waals surface area contributed by atoms with Crippen LogP contribution in [0.25, 0.3) is 11.3 Å². The molecule has 9 heteroatoms. The number of fused-ring (bicyclic) bond motifs is 1. The molecule has 2 heterocycles. The third-order valence-corrected chi connectivity index (χ3v) is 5.33. The fourth-order valence-corrected chi connectivity index (χ4v) is 3.69. The highest BCUT2D eigenvalue weighted by atomic mass is 32.1. The van der Waals surface area contributed by atoms with Crippen LogP contribution in [0.2, 0.25) is 0 Å². The van der Waals surface area contributed by atoms with E-state index in [0.29, 0.717) is 39.3 Å². The van der Waals surface area contributed by atoms with Gasteiger partial charge in [-0.05, 0) is 43.3 Å². The van der Waals surface area contributed by atoms with Crippen molar-refractivity contribution in [1.29, 1.82) is 0 Å². The summed E-state index contributed by atoms with van der Waals surface area (Å²) < 4.78 is 16.0. The van der Waals surface area contributed by atoms with Crippen LogP contribution in [-0.4, -0.2) is 37.1 Å². The number of hydrogen-bond acceptors (Lipinski definition) is 7. The molecule has 1 atom stereocenters. The molecule has 2 aromatic carbocycles. The van der Waals surface area contributed by atoms with Gasteiger partial charge in [0.2, 0.25) is 0 Å². The van der Waals surface area contributed by atoms with E-state index in [-0.39, 0.29) is 11.8 Å². The van der Waals surface area contributed by atoms with E-state index in [1.807, 2.05) is 11.4 Å². The van der Waals surface area contributed by atoms with Gasteiger partial charge in [0, 0.05) is 16.5 Å². The summed E-state index contributed by atoms with van der Waals surface area (Å²) in [7, 11) is 3.05. The number of carbonyl (C=O) groups is 2. The Morgan fingerprint density at radius 1 is 1.17 bits per heavy atom. The number of benzene rings is 2. The zero-order chi connectivity index (χ0) is 21.3. The number of amides is 2. The van der Waals surface area contributed by atoms with Crippen LogP contribution in [0, 0.1) is 0 Å². The first-order valence-corrected chi connectivity index (χ1v) is 9.97. The Kier molecular flexibility index (Phi) is 5.28. The second kappa shape index (κ2) is 8.03. The van der Waals surface area contributed by atoms with Gasteiger partial charge in [-0.15, -0.1) is 11.3 Å². The van der Waals surface area contributed by atoms with Crippen LogP contribution in [0.3, 0.4) is 0 Å². The van der Waals surface area contributed by atoms with Gasteiger partial charge in [-0.3, -0.25) is 14.9 Å². The molecule has 0 aliphatic carbocycles. The third kappa shape index (κ3) is 3.79. The molecule has 2 N–H and O–H groups in total. The van der Waals surface area contributed by atoms with Crippen LogP contribution < -0.4 is 24.8 Å². The molecule has 0 radical (unpaired) electrons. The van der Waals surface area contributed by atoms with Crippen molar-refractivity contribution in [3.63, 3.8) is 0 Å². The molecule has 2 amide bonds. The van der Waals surface area contributed by atoms with Gasteiger partial charge in [0.1, 0.15) is 5.75 Å². The van der Waals surface area contributed by atoms with E-state index in [1.165, 1.54) is 25.6 Å². The summed E-state index contributed by atoms with van der Waals surface area (Å²) in [5, 5.41) is 7.90. The maximum Gasteiger partial charge on any atom is 0.265 e. The number of nitrogens with zero attached hydrogens (tertiary/aromatic N) is 1. The second-order valence-corrected chi connectivity index (χ2v) is 7.38. The lowest BCUT2D eigenvalue weighted by Crippen LogP contribution is -2.34. The Morgan fingerprint density at radius 3 is 2.73 bits per heavy atom. The lowest BCUT2D eigenvalue weighted by molar-refractivity contribution is -0.122. The zero-order valence-corrected chi connectivity index (χ0v) is 17.3. The normalized spacial score (nSPS) is 14.9. The first kappa shape index (κ1) is 19.7. The minimum atomic E-state index is -0.527. The molecule has 154 valence electrons. The highest BCUT2D eigenvalue weighted by molar-refractivity contribution is 7.14. The van der Waals surface area contributed by atoms with E-state index in [2.05, 4.69) is 15.6 Å². The van der Waals surface area contributed by atoms with Gasteiger partial charge < -0.3 is 19.5 Å². The maximum atomic E-state index is 12.6. The molecule has 0 unspecified atom stereocenters. The van der Waals surface area contributed by atoms with Crippen LogP contribution >= 0.6 is 11.3 Å². The number of methoxy groups -OCH3 is 2. The van der Waals surface area contributed by atoms with Crippen LogP contribution in [0.5, 0.6) is 17.2 Å². The molecular formula is C21H19N3O5S. The Bertz CT molecular complexity index is 1130. The number of aromatic nitrogens is 1. The van der Waals surface area contributed by atoms with Gasteiger partial charge in [-0.25, -0.2) is 4.98 Å². The quantitative estimate of drug-likeness (QED) is 0.645. The molecule has 0 saturated heterocycles. The predicted octanol–water partition coefficient (Wildman–Crippen LogP) is 3.80. The average molecular weight is 425 g/mol. The highest BCUT2D eigenvalue weighted by Crippen LogP contribution is 2.35. The monoisotopic (exact) mass is 425 g/mol. The number of anilines is 2. The molecule has 0 fully saturated rings. The van der Waals surface area contributed by atoms with Gasteiger partial charge in [0.25, 0.3) is 11.8 Å². The topological polar surface area (TPSA) is 98.8 Å². The maximum absolute atomic E-state index is 12.6. The molecule has 4 rings (SSSR count). The number of nitrogens with one attached hydrogen (secondary N) is 2. The van der Waals surface area contributed by atoms with Crippen molar-refractivity contribution < 1.29 is 23.8 Å². The molecule has 0 saturated carbocycles. The summed E-state index contributed by atoms with van der Waals surface area (Å²) >= 11 is 1.31. The van der Waals surface area contributed by atoms with E-state index in [0.717, 1.165) is 5.56 Å². The molecule has 1 aliphatic heterocycles. The Hall–Kier alpha value is -3.59. The number of hydrogen-bond donors (Lipinski definition) is 2. The highest BCUT2D eigenvalue weighted by Gasteiger charge is 2.24. The first-order chi connectivity index (χ1) is 14.5. The van der Waals surface area contributed by atoms with Crippen LogP contribution in [0.4, 0.5) is 10.8 Å². The van der Waals surface area contributed by atoms with Gasteiger partial charge >= 0.3 is 0 Å². The Balaban J connectivity index is 1.52. The average Bonchev–Trinajstić information content (AvgIpc) is 3.22. The van der Waals surface area contributed by atoms with E-state index in [1.54, 1.807) is 37.3 Å². The van der Waals surface area contributed by atoms with Crippen molar-refractivity contribution in [2.75, 3.05) is 24.9 Å². The molecule has 8 nitrogen and oxygen atoms in total. The molecular weight excluding hydrogens is 406 g/mol. The molecule has 30 heavy (non-hydrogen) atoms. The number of carbonyl (C=O) groups excluding carboxylic acids is 2. The first-order valence-electron chi connectivity index (χ1n) is 9.09. The van der Waals surface area contributed by atoms with Gasteiger partial charge in [0.15, 0.2) is 22.7 Å². The Labute approximate surface area is 176 Å². The van der Waals surface area contributed by atoms with E-state index < -0.39 is 6.10 Å². The van der Waals surface area contributed by atoms with Gasteiger partial charge in [0.05, 0.1) is 25.6 Å². The smallest absolute Gasteiger partial charge is 0.265 e. The van der Waals surface area contributed by atoms with Crippen LogP contribution in [0.15, 0.2) is 41.8 Å². The molecule has 0 bridgehead atoms. The lowest BCUT2D eigenvalue weighted by Gasteiger charge is -2.23. The molecule has 3 aromatic rings. The summed E-state index contributed by atoms with van der Waals surface area (Å²) in [6.45, 7) is 1.69. The van der Waals surface area contributed by atoms with E-state index >= 15 is 0 Å². The van der Waals surface area contributed by atoms with Crippen LogP contribution in [0.1, 0.15) is 17.3 Å². The summed E-state index contributed by atoms with van der Waals surface area (Å²) in [5.74, 6) is 1.13. The minimum absolute atomic E-state index is 0.194. The van der Waals surface area contributed by atoms with E-state index in [4.69, 9.17) is 14.2 Å².